The maximum Gasteiger partial charge on any atom is 0.270 e. The van der Waals surface area contributed by atoms with Crippen molar-refractivity contribution in [2.24, 2.45) is 5.73 Å². The molecule has 0 fully saturated rings. The molecule has 0 bridgehead atoms. The van der Waals surface area contributed by atoms with Crippen LogP contribution in [0.2, 0.25) is 0 Å². The zero-order valence-corrected chi connectivity index (χ0v) is 12.3. The number of nitrogens with zero attached hydrogens (tertiary/aromatic N) is 2. The Kier molecular flexibility index (Phi) is 3.27. The summed E-state index contributed by atoms with van der Waals surface area (Å²) in [6.45, 7) is 1.76. The number of sulfonamides is 1. The number of nitrogens with two attached hydrogens (primary N) is 1. The highest BCUT2D eigenvalue weighted by molar-refractivity contribution is 7.93. The Hall–Kier alpha value is -2.18. The Bertz CT molecular complexity index is 799. The maximum atomic E-state index is 12.9. The van der Waals surface area contributed by atoms with Crippen molar-refractivity contribution in [3.63, 3.8) is 0 Å². The molecule has 0 aliphatic carbocycles. The third kappa shape index (κ3) is 2.22. The zero-order valence-electron chi connectivity index (χ0n) is 11.5. The lowest BCUT2D eigenvalue weighted by Gasteiger charge is -2.32. The van der Waals surface area contributed by atoms with Gasteiger partial charge in [0.15, 0.2) is 0 Å². The molecule has 1 aliphatic rings. The van der Waals surface area contributed by atoms with Gasteiger partial charge in [0.05, 0.1) is 17.1 Å². The van der Waals surface area contributed by atoms with Crippen molar-refractivity contribution < 1.29 is 8.42 Å². The quantitative estimate of drug-likeness (QED) is 0.920. The van der Waals surface area contributed by atoms with Crippen molar-refractivity contribution >= 4 is 21.8 Å². The molecular formula is C15H15N3O2S. The monoisotopic (exact) mass is 301 g/mol. The Labute approximate surface area is 123 Å². The molecule has 0 saturated heterocycles. The van der Waals surface area contributed by atoms with Crippen LogP contribution in [-0.4, -0.2) is 19.4 Å². The van der Waals surface area contributed by atoms with E-state index in [4.69, 9.17) is 5.73 Å². The van der Waals surface area contributed by atoms with Crippen LogP contribution in [0.25, 0.3) is 6.08 Å². The van der Waals surface area contributed by atoms with Crippen molar-refractivity contribution in [3.8, 4) is 0 Å². The van der Waals surface area contributed by atoms with Gasteiger partial charge in [-0.25, -0.2) is 12.7 Å². The number of fused-ring (bicyclic) bond motifs is 1. The van der Waals surface area contributed by atoms with Gasteiger partial charge in [-0.15, -0.1) is 0 Å². The van der Waals surface area contributed by atoms with E-state index in [2.05, 4.69) is 4.98 Å². The predicted molar refractivity (Wildman–Crippen MR) is 82.0 cm³/mol. The molecule has 5 nitrogen and oxygen atoms in total. The highest BCUT2D eigenvalue weighted by Crippen LogP contribution is 2.35. The molecule has 0 radical (unpaired) electrons. The largest absolute Gasteiger partial charge is 0.323 e. The topological polar surface area (TPSA) is 76.3 Å². The standard InChI is InChI=1S/C15H15N3O2S/c1-11(16)14-10-13-15(8-5-9-17-13)21(19,20)18(14)12-6-3-2-4-7-12/h2-11H,16H2,1H3/t11-/m0/s1. The van der Waals surface area contributed by atoms with Crippen LogP contribution >= 0.6 is 0 Å². The lowest BCUT2D eigenvalue weighted by atomic mass is 10.2. The van der Waals surface area contributed by atoms with Gasteiger partial charge in [0.2, 0.25) is 0 Å². The van der Waals surface area contributed by atoms with Gasteiger partial charge in [-0.3, -0.25) is 4.98 Å². The van der Waals surface area contributed by atoms with Gasteiger partial charge in [-0.1, -0.05) is 18.2 Å². The van der Waals surface area contributed by atoms with Crippen LogP contribution < -0.4 is 10.0 Å². The lowest BCUT2D eigenvalue weighted by molar-refractivity contribution is 0.590. The SMILES string of the molecule is C[C@H](N)C1=Cc2ncccc2S(=O)(=O)N1c1ccccc1. The number of rotatable bonds is 2. The fraction of sp³-hybridized carbons (Fsp3) is 0.133. The van der Waals surface area contributed by atoms with Crippen LogP contribution in [0.15, 0.2) is 59.3 Å². The van der Waals surface area contributed by atoms with E-state index < -0.39 is 16.1 Å². The molecule has 108 valence electrons. The van der Waals surface area contributed by atoms with Crippen LogP contribution in [0.3, 0.4) is 0 Å². The summed E-state index contributed by atoms with van der Waals surface area (Å²) in [4.78, 5) is 4.33. The fourth-order valence-electron chi connectivity index (χ4n) is 2.33. The van der Waals surface area contributed by atoms with Gasteiger partial charge in [-0.05, 0) is 37.3 Å². The first kappa shape index (κ1) is 13.8. The average molecular weight is 301 g/mol. The number of para-hydroxylation sites is 1. The fourth-order valence-corrected chi connectivity index (χ4v) is 4.05. The number of benzene rings is 1. The van der Waals surface area contributed by atoms with E-state index in [0.29, 0.717) is 17.1 Å². The molecule has 1 aromatic carbocycles. The second-order valence-corrected chi connectivity index (χ2v) is 6.60. The highest BCUT2D eigenvalue weighted by Gasteiger charge is 2.35. The molecule has 0 saturated carbocycles. The molecule has 1 atom stereocenters. The number of hydrogen-bond acceptors (Lipinski definition) is 4. The lowest BCUT2D eigenvalue weighted by Crippen LogP contribution is -2.40. The minimum absolute atomic E-state index is 0.193. The molecule has 0 unspecified atom stereocenters. The van der Waals surface area contributed by atoms with E-state index in [-0.39, 0.29) is 4.90 Å². The second kappa shape index (κ2) is 4.98. The van der Waals surface area contributed by atoms with E-state index >= 15 is 0 Å². The van der Waals surface area contributed by atoms with Crippen molar-refractivity contribution in [1.82, 2.24) is 4.98 Å². The van der Waals surface area contributed by atoms with Gasteiger partial charge >= 0.3 is 0 Å². The van der Waals surface area contributed by atoms with Gasteiger partial charge in [0.25, 0.3) is 10.0 Å². The Morgan fingerprint density at radius 3 is 2.52 bits per heavy atom. The van der Waals surface area contributed by atoms with Gasteiger partial charge in [0, 0.05) is 12.2 Å². The molecule has 1 aliphatic heterocycles. The van der Waals surface area contributed by atoms with E-state index in [0.717, 1.165) is 0 Å². The van der Waals surface area contributed by atoms with Crippen molar-refractivity contribution in [2.45, 2.75) is 17.9 Å². The maximum absolute atomic E-state index is 12.9. The summed E-state index contributed by atoms with van der Waals surface area (Å²) in [6, 6.07) is 11.7. The Morgan fingerprint density at radius 2 is 1.86 bits per heavy atom. The number of aromatic nitrogens is 1. The summed E-state index contributed by atoms with van der Waals surface area (Å²) < 4.78 is 27.1. The summed E-state index contributed by atoms with van der Waals surface area (Å²) >= 11 is 0. The summed E-state index contributed by atoms with van der Waals surface area (Å²) in [6.07, 6.45) is 3.30. The minimum Gasteiger partial charge on any atom is -0.323 e. The highest BCUT2D eigenvalue weighted by atomic mass is 32.2. The van der Waals surface area contributed by atoms with Crippen LogP contribution in [0, 0.1) is 0 Å². The molecule has 3 rings (SSSR count). The predicted octanol–water partition coefficient (Wildman–Crippen LogP) is 1.98. The molecule has 2 aromatic rings. The van der Waals surface area contributed by atoms with E-state index in [1.165, 1.54) is 4.31 Å². The zero-order chi connectivity index (χ0) is 15.0. The average Bonchev–Trinajstić information content (AvgIpc) is 2.47. The van der Waals surface area contributed by atoms with Crippen LogP contribution in [0.5, 0.6) is 0 Å². The smallest absolute Gasteiger partial charge is 0.270 e. The molecular weight excluding hydrogens is 286 g/mol. The Morgan fingerprint density at radius 1 is 1.14 bits per heavy atom. The van der Waals surface area contributed by atoms with Crippen LogP contribution in [0.1, 0.15) is 12.6 Å². The Balaban J connectivity index is 2.29. The third-order valence-electron chi connectivity index (χ3n) is 3.29. The normalized spacial score (nSPS) is 17.8. The molecule has 21 heavy (non-hydrogen) atoms. The first-order valence-electron chi connectivity index (χ1n) is 6.54. The first-order chi connectivity index (χ1) is 10.0. The van der Waals surface area contributed by atoms with E-state index in [9.17, 15) is 8.42 Å². The number of hydrogen-bond donors (Lipinski definition) is 1. The summed E-state index contributed by atoms with van der Waals surface area (Å²) in [5, 5.41) is 0. The van der Waals surface area contributed by atoms with E-state index in [1.807, 2.05) is 6.07 Å². The third-order valence-corrected chi connectivity index (χ3v) is 5.10. The summed E-state index contributed by atoms with van der Waals surface area (Å²) in [5.41, 5.74) is 7.47. The summed E-state index contributed by atoms with van der Waals surface area (Å²) in [5.74, 6) is 0. The van der Waals surface area contributed by atoms with Crippen molar-refractivity contribution in [1.29, 1.82) is 0 Å². The van der Waals surface area contributed by atoms with Crippen LogP contribution in [-0.2, 0) is 10.0 Å². The van der Waals surface area contributed by atoms with E-state index in [1.54, 1.807) is 55.6 Å². The molecule has 6 heteroatoms. The molecule has 2 N–H and O–H groups in total. The van der Waals surface area contributed by atoms with Gasteiger partial charge < -0.3 is 5.73 Å². The van der Waals surface area contributed by atoms with Gasteiger partial charge in [-0.2, -0.15) is 0 Å². The number of anilines is 1. The summed E-state index contributed by atoms with van der Waals surface area (Å²) in [7, 11) is -3.71. The number of pyridine rings is 1. The van der Waals surface area contributed by atoms with Crippen molar-refractivity contribution in [3.05, 3.63) is 60.1 Å². The second-order valence-electron chi connectivity index (χ2n) is 4.85. The van der Waals surface area contributed by atoms with Crippen LogP contribution in [0.4, 0.5) is 5.69 Å². The van der Waals surface area contributed by atoms with Crippen molar-refractivity contribution in [2.75, 3.05) is 4.31 Å². The molecule has 1 aromatic heterocycles. The molecule has 2 heterocycles. The minimum atomic E-state index is -3.71. The molecule has 0 amide bonds. The first-order valence-corrected chi connectivity index (χ1v) is 7.98. The van der Waals surface area contributed by atoms with Gasteiger partial charge in [0.1, 0.15) is 4.90 Å². The molecule has 0 spiro atoms.